The van der Waals surface area contributed by atoms with E-state index in [-0.39, 0.29) is 17.9 Å². The van der Waals surface area contributed by atoms with Gasteiger partial charge in [0, 0.05) is 24.2 Å². The number of carboxylic acids is 1. The molecule has 2 aromatic rings. The van der Waals surface area contributed by atoms with Crippen LogP contribution in [0.4, 0.5) is 4.39 Å². The molecule has 27 heavy (non-hydrogen) atoms. The number of aromatic nitrogens is 2. The Morgan fingerprint density at radius 1 is 1.11 bits per heavy atom. The third-order valence-electron chi connectivity index (χ3n) is 4.30. The average Bonchev–Trinajstić information content (AvgIpc) is 2.94. The molecule has 1 aromatic heterocycles. The smallest absolute Gasteiger partial charge is 0.303 e. The first-order valence-electron chi connectivity index (χ1n) is 9.21. The van der Waals surface area contributed by atoms with Crippen molar-refractivity contribution in [3.05, 3.63) is 47.0 Å². The summed E-state index contributed by atoms with van der Waals surface area (Å²) in [6.45, 7) is 4.20. The maximum absolute atomic E-state index is 14.4. The lowest BCUT2D eigenvalue weighted by Gasteiger charge is -2.09. The first-order chi connectivity index (χ1) is 12.9. The topological polar surface area (TPSA) is 84.2 Å². The number of unbranched alkanes of at least 4 members (excludes halogenated alkanes) is 4. The van der Waals surface area contributed by atoms with Crippen LogP contribution in [0.25, 0.3) is 5.69 Å². The Balaban J connectivity index is 1.79. The fraction of sp³-hybridized carbons (Fsp3) is 0.450. The molecule has 0 spiro atoms. The quantitative estimate of drug-likeness (QED) is 0.619. The molecular weight excluding hydrogens is 349 g/mol. The van der Waals surface area contributed by atoms with Gasteiger partial charge in [0.2, 0.25) is 0 Å². The number of benzene rings is 1. The predicted octanol–water partition coefficient (Wildman–Crippen LogP) is 3.78. The zero-order valence-corrected chi connectivity index (χ0v) is 15.8. The molecule has 0 aliphatic carbocycles. The Hall–Kier alpha value is -2.70. The number of carbonyl (C=O) groups is 2. The molecule has 0 aliphatic heterocycles. The minimum atomic E-state index is -0.765. The zero-order chi connectivity index (χ0) is 19.8. The molecule has 6 nitrogen and oxygen atoms in total. The molecule has 0 atom stereocenters. The van der Waals surface area contributed by atoms with Gasteiger partial charge in [0.1, 0.15) is 11.5 Å². The molecule has 146 valence electrons. The van der Waals surface area contributed by atoms with E-state index in [0.29, 0.717) is 18.7 Å². The first-order valence-corrected chi connectivity index (χ1v) is 9.21. The van der Waals surface area contributed by atoms with Crippen LogP contribution >= 0.6 is 0 Å². The molecule has 0 bridgehead atoms. The second-order valence-electron chi connectivity index (χ2n) is 6.67. The highest BCUT2D eigenvalue weighted by atomic mass is 19.1. The number of hydrogen-bond donors (Lipinski definition) is 2. The van der Waals surface area contributed by atoms with Gasteiger partial charge in [-0.15, -0.1) is 0 Å². The molecule has 0 aliphatic rings. The highest BCUT2D eigenvalue weighted by molar-refractivity contribution is 5.94. The second-order valence-corrected chi connectivity index (χ2v) is 6.67. The van der Waals surface area contributed by atoms with Crippen molar-refractivity contribution in [1.29, 1.82) is 0 Å². The number of aliphatic carboxylic acids is 1. The summed E-state index contributed by atoms with van der Waals surface area (Å²) in [5.74, 6) is -1.56. The molecule has 0 saturated heterocycles. The molecule has 1 heterocycles. The molecule has 2 N–H and O–H groups in total. The normalized spacial score (nSPS) is 10.8. The number of carboxylic acid groups (broad SMARTS) is 1. The highest BCUT2D eigenvalue weighted by Crippen LogP contribution is 2.17. The fourth-order valence-electron chi connectivity index (χ4n) is 2.93. The van der Waals surface area contributed by atoms with E-state index in [4.69, 9.17) is 5.11 Å². The van der Waals surface area contributed by atoms with Gasteiger partial charge >= 0.3 is 5.97 Å². The van der Waals surface area contributed by atoms with E-state index in [9.17, 15) is 14.0 Å². The van der Waals surface area contributed by atoms with Gasteiger partial charge < -0.3 is 10.4 Å². The van der Waals surface area contributed by atoms with Crippen molar-refractivity contribution < 1.29 is 19.1 Å². The zero-order valence-electron chi connectivity index (χ0n) is 15.8. The minimum absolute atomic E-state index is 0.204. The Bertz CT molecular complexity index is 802. The molecule has 2 rings (SSSR count). The van der Waals surface area contributed by atoms with Crippen LogP contribution in [0.1, 0.15) is 60.3 Å². The summed E-state index contributed by atoms with van der Waals surface area (Å²) in [4.78, 5) is 22.6. The van der Waals surface area contributed by atoms with E-state index in [0.717, 1.165) is 37.1 Å². The minimum Gasteiger partial charge on any atom is -0.481 e. The van der Waals surface area contributed by atoms with Gasteiger partial charge in [-0.1, -0.05) is 19.3 Å². The van der Waals surface area contributed by atoms with Crippen molar-refractivity contribution in [3.63, 3.8) is 0 Å². The number of hydrogen-bond acceptors (Lipinski definition) is 3. The SMILES string of the molecule is Cc1cc(C)n(-c2ccc(C(=O)NCCCCCCCC(=O)O)cc2F)n1. The van der Waals surface area contributed by atoms with E-state index in [1.807, 2.05) is 19.9 Å². The number of nitrogens with zero attached hydrogens (tertiary/aromatic N) is 2. The lowest BCUT2D eigenvalue weighted by Crippen LogP contribution is -2.24. The lowest BCUT2D eigenvalue weighted by molar-refractivity contribution is -0.137. The van der Waals surface area contributed by atoms with Crippen LogP contribution in [0.5, 0.6) is 0 Å². The predicted molar refractivity (Wildman–Crippen MR) is 101 cm³/mol. The van der Waals surface area contributed by atoms with Crippen LogP contribution in [-0.2, 0) is 4.79 Å². The maximum Gasteiger partial charge on any atom is 0.303 e. The van der Waals surface area contributed by atoms with Crippen molar-refractivity contribution >= 4 is 11.9 Å². The molecule has 0 fully saturated rings. The number of nitrogens with one attached hydrogen (secondary N) is 1. The van der Waals surface area contributed by atoms with Crippen LogP contribution in [-0.4, -0.2) is 33.3 Å². The Labute approximate surface area is 158 Å². The van der Waals surface area contributed by atoms with E-state index >= 15 is 0 Å². The maximum atomic E-state index is 14.4. The molecule has 0 radical (unpaired) electrons. The number of carbonyl (C=O) groups excluding carboxylic acids is 1. The Morgan fingerprint density at radius 3 is 2.44 bits per heavy atom. The molecule has 1 aromatic carbocycles. The van der Waals surface area contributed by atoms with Gasteiger partial charge in [-0.25, -0.2) is 9.07 Å². The van der Waals surface area contributed by atoms with Crippen LogP contribution in [0.2, 0.25) is 0 Å². The summed E-state index contributed by atoms with van der Waals surface area (Å²) in [5, 5.41) is 15.6. The summed E-state index contributed by atoms with van der Waals surface area (Å²) in [7, 11) is 0. The fourth-order valence-corrected chi connectivity index (χ4v) is 2.93. The Morgan fingerprint density at radius 2 is 1.81 bits per heavy atom. The number of aryl methyl sites for hydroxylation is 2. The van der Waals surface area contributed by atoms with Crippen molar-refractivity contribution in [2.45, 2.75) is 52.4 Å². The van der Waals surface area contributed by atoms with Crippen LogP contribution in [0.3, 0.4) is 0 Å². The van der Waals surface area contributed by atoms with Crippen LogP contribution in [0, 0.1) is 19.7 Å². The number of amides is 1. The summed E-state index contributed by atoms with van der Waals surface area (Å²) >= 11 is 0. The van der Waals surface area contributed by atoms with Crippen molar-refractivity contribution in [2.24, 2.45) is 0 Å². The average molecular weight is 375 g/mol. The summed E-state index contributed by atoms with van der Waals surface area (Å²) in [5.41, 5.74) is 2.22. The molecule has 0 unspecified atom stereocenters. The van der Waals surface area contributed by atoms with E-state index < -0.39 is 11.8 Å². The molecule has 7 heteroatoms. The molecular formula is C20H26FN3O3. The summed E-state index contributed by atoms with van der Waals surface area (Å²) < 4.78 is 15.9. The highest BCUT2D eigenvalue weighted by Gasteiger charge is 2.13. The monoisotopic (exact) mass is 375 g/mol. The first kappa shape index (κ1) is 20.6. The van der Waals surface area contributed by atoms with Crippen molar-refractivity contribution in [1.82, 2.24) is 15.1 Å². The number of rotatable bonds is 10. The van der Waals surface area contributed by atoms with Gasteiger partial charge in [0.25, 0.3) is 5.91 Å². The van der Waals surface area contributed by atoms with Crippen LogP contribution < -0.4 is 5.32 Å². The van der Waals surface area contributed by atoms with Gasteiger partial charge in [-0.3, -0.25) is 9.59 Å². The van der Waals surface area contributed by atoms with Gasteiger partial charge in [0.05, 0.1) is 5.69 Å². The van der Waals surface area contributed by atoms with E-state index in [1.54, 1.807) is 12.1 Å². The third kappa shape index (κ3) is 6.20. The largest absolute Gasteiger partial charge is 0.481 e. The summed E-state index contributed by atoms with van der Waals surface area (Å²) in [6.07, 6.45) is 4.43. The van der Waals surface area contributed by atoms with Gasteiger partial charge in [0.15, 0.2) is 0 Å². The lowest BCUT2D eigenvalue weighted by atomic mass is 10.1. The van der Waals surface area contributed by atoms with Crippen molar-refractivity contribution in [2.75, 3.05) is 6.54 Å². The Kier molecular flexibility index (Phi) is 7.52. The second kappa shape index (κ2) is 9.85. The standard InChI is InChI=1S/C20H26FN3O3/c1-14-12-15(2)24(23-14)18-10-9-16(13-17(18)21)20(27)22-11-7-5-3-4-6-8-19(25)26/h9-10,12-13H,3-8,11H2,1-2H3,(H,22,27)(H,25,26). The van der Waals surface area contributed by atoms with E-state index in [1.165, 1.54) is 10.7 Å². The molecule has 1 amide bonds. The van der Waals surface area contributed by atoms with Gasteiger partial charge in [-0.05, 0) is 51.0 Å². The van der Waals surface area contributed by atoms with Crippen molar-refractivity contribution in [3.8, 4) is 5.69 Å². The number of halogens is 1. The van der Waals surface area contributed by atoms with Crippen LogP contribution in [0.15, 0.2) is 24.3 Å². The molecule has 0 saturated carbocycles. The van der Waals surface area contributed by atoms with Gasteiger partial charge in [-0.2, -0.15) is 5.10 Å². The van der Waals surface area contributed by atoms with E-state index in [2.05, 4.69) is 10.4 Å². The summed E-state index contributed by atoms with van der Waals surface area (Å²) in [6, 6.07) is 6.25. The third-order valence-corrected chi connectivity index (χ3v) is 4.30.